The van der Waals surface area contributed by atoms with Crippen LogP contribution in [0.3, 0.4) is 0 Å². The molecule has 2 aromatic carbocycles. The Bertz CT molecular complexity index is 1360. The first-order valence-electron chi connectivity index (χ1n) is 13.3. The minimum atomic E-state index is -3.28. The van der Waals surface area contributed by atoms with Gasteiger partial charge in [0.05, 0.1) is 6.07 Å². The molecule has 0 saturated carbocycles. The number of carbonyl (C=O) groups is 3. The Morgan fingerprint density at radius 3 is 2.35 bits per heavy atom. The number of aliphatic hydroxyl groups is 1. The molecule has 8 nitrogen and oxygen atoms in total. The predicted molar refractivity (Wildman–Crippen MR) is 142 cm³/mol. The number of alkyl halides is 2. The molecule has 0 aromatic heterocycles. The Morgan fingerprint density at radius 2 is 1.80 bits per heavy atom. The summed E-state index contributed by atoms with van der Waals surface area (Å²) in [5.41, 5.74) is -0.336. The van der Waals surface area contributed by atoms with Gasteiger partial charge in [-0.15, -0.1) is 6.58 Å². The van der Waals surface area contributed by atoms with E-state index in [1.165, 1.54) is 6.08 Å². The third-order valence-electron chi connectivity index (χ3n) is 8.12. The SMILES string of the molecule is C=CC[C@H]1CC(F)(F)C[C@@H](C(=O)N[C@H](C#N)C[C@@H]2CCNC2=O)N1C(=O)C1(O)c2ccccc2-c2ccccc21. The lowest BCUT2D eigenvalue weighted by Gasteiger charge is -2.46. The normalized spacial score (nSPS) is 24.7. The van der Waals surface area contributed by atoms with Gasteiger partial charge in [-0.2, -0.15) is 5.26 Å². The second-order valence-electron chi connectivity index (χ2n) is 10.7. The van der Waals surface area contributed by atoms with Crippen LogP contribution in [-0.4, -0.2) is 58.3 Å². The molecule has 2 aliphatic heterocycles. The molecule has 0 radical (unpaired) electrons. The van der Waals surface area contributed by atoms with Crippen LogP contribution in [-0.2, 0) is 20.0 Å². The molecular weight excluding hydrogens is 518 g/mol. The molecule has 40 heavy (non-hydrogen) atoms. The first-order valence-corrected chi connectivity index (χ1v) is 13.3. The minimum absolute atomic E-state index is 0.0197. The third-order valence-corrected chi connectivity index (χ3v) is 8.12. The first-order chi connectivity index (χ1) is 19.1. The lowest BCUT2D eigenvalue weighted by atomic mass is 9.84. The van der Waals surface area contributed by atoms with E-state index in [4.69, 9.17) is 0 Å². The lowest BCUT2D eigenvalue weighted by Crippen LogP contribution is -2.64. The van der Waals surface area contributed by atoms with E-state index in [1.807, 2.05) is 6.07 Å². The van der Waals surface area contributed by atoms with Crippen LogP contribution in [0.25, 0.3) is 11.1 Å². The maximum atomic E-state index is 15.0. The van der Waals surface area contributed by atoms with Crippen LogP contribution in [0.5, 0.6) is 0 Å². The number of rotatable bonds is 7. The Kier molecular flexibility index (Phi) is 7.19. The number of likely N-dealkylation sites (tertiary alicyclic amines) is 1. The van der Waals surface area contributed by atoms with Gasteiger partial charge in [-0.25, -0.2) is 8.78 Å². The van der Waals surface area contributed by atoms with Crippen LogP contribution < -0.4 is 10.6 Å². The highest BCUT2D eigenvalue weighted by molar-refractivity contribution is 6.01. The third kappa shape index (κ3) is 4.64. The van der Waals surface area contributed by atoms with Crippen molar-refractivity contribution in [2.24, 2.45) is 5.92 Å². The average Bonchev–Trinajstić information content (AvgIpc) is 3.46. The topological polar surface area (TPSA) is 123 Å². The number of piperidine rings is 1. The summed E-state index contributed by atoms with van der Waals surface area (Å²) in [6, 6.07) is 11.7. The molecule has 2 fully saturated rings. The Hall–Kier alpha value is -4.10. The Morgan fingerprint density at radius 1 is 1.18 bits per heavy atom. The van der Waals surface area contributed by atoms with Gasteiger partial charge in [-0.05, 0) is 30.4 Å². The van der Waals surface area contributed by atoms with E-state index >= 15 is 8.78 Å². The molecule has 10 heteroatoms. The maximum absolute atomic E-state index is 15.0. The highest BCUT2D eigenvalue weighted by atomic mass is 19.3. The molecule has 4 atom stereocenters. The minimum Gasteiger partial charge on any atom is -0.372 e. The number of nitriles is 1. The molecule has 3 amide bonds. The molecule has 208 valence electrons. The number of amides is 3. The van der Waals surface area contributed by atoms with Gasteiger partial charge in [-0.1, -0.05) is 54.6 Å². The van der Waals surface area contributed by atoms with Crippen LogP contribution in [0.4, 0.5) is 8.78 Å². The van der Waals surface area contributed by atoms with E-state index in [9.17, 15) is 24.8 Å². The molecular formula is C30H30F2N4O4. The molecule has 2 aromatic rings. The van der Waals surface area contributed by atoms with Crippen molar-refractivity contribution in [2.45, 2.75) is 61.8 Å². The number of hydrogen-bond donors (Lipinski definition) is 3. The molecule has 3 N–H and O–H groups in total. The predicted octanol–water partition coefficient (Wildman–Crippen LogP) is 3.01. The molecule has 2 saturated heterocycles. The quantitative estimate of drug-likeness (QED) is 0.459. The van der Waals surface area contributed by atoms with Crippen LogP contribution in [0.1, 0.15) is 43.2 Å². The largest absolute Gasteiger partial charge is 0.372 e. The van der Waals surface area contributed by atoms with E-state index in [2.05, 4.69) is 17.2 Å². The molecule has 0 unspecified atom stereocenters. The summed E-state index contributed by atoms with van der Waals surface area (Å²) in [6.45, 7) is 4.11. The summed E-state index contributed by atoms with van der Waals surface area (Å²) in [4.78, 5) is 41.1. The van der Waals surface area contributed by atoms with Crippen molar-refractivity contribution in [2.75, 3.05) is 6.54 Å². The van der Waals surface area contributed by atoms with Gasteiger partial charge in [0.15, 0.2) is 5.60 Å². The summed E-state index contributed by atoms with van der Waals surface area (Å²) < 4.78 is 30.1. The number of nitrogens with zero attached hydrogens (tertiary/aromatic N) is 2. The Labute approximate surface area is 230 Å². The second kappa shape index (κ2) is 10.5. The fraction of sp³-hybridized carbons (Fsp3) is 0.400. The number of benzene rings is 2. The van der Waals surface area contributed by atoms with E-state index in [1.54, 1.807) is 48.5 Å². The lowest BCUT2D eigenvalue weighted by molar-refractivity contribution is -0.171. The molecule has 1 aliphatic carbocycles. The number of halogens is 2. The van der Waals surface area contributed by atoms with Gasteiger partial charge in [0.25, 0.3) is 11.8 Å². The smallest absolute Gasteiger partial charge is 0.264 e. The zero-order valence-electron chi connectivity index (χ0n) is 21.8. The maximum Gasteiger partial charge on any atom is 0.264 e. The van der Waals surface area contributed by atoms with Crippen molar-refractivity contribution in [1.82, 2.24) is 15.5 Å². The number of carbonyl (C=O) groups excluding carboxylic acids is 3. The highest BCUT2D eigenvalue weighted by Gasteiger charge is 2.57. The highest BCUT2D eigenvalue weighted by Crippen LogP contribution is 2.50. The van der Waals surface area contributed by atoms with Gasteiger partial charge >= 0.3 is 0 Å². The Balaban J connectivity index is 1.53. The van der Waals surface area contributed by atoms with Gasteiger partial charge in [0.2, 0.25) is 11.8 Å². The van der Waals surface area contributed by atoms with Crippen LogP contribution in [0, 0.1) is 17.2 Å². The summed E-state index contributed by atoms with van der Waals surface area (Å²) in [5, 5.41) is 27.0. The van der Waals surface area contributed by atoms with Crippen molar-refractivity contribution in [3.8, 4) is 17.2 Å². The number of nitrogens with one attached hydrogen (secondary N) is 2. The number of fused-ring (bicyclic) bond motifs is 3. The number of hydrogen-bond acceptors (Lipinski definition) is 5. The zero-order chi connectivity index (χ0) is 28.7. The van der Waals surface area contributed by atoms with Crippen molar-refractivity contribution in [3.05, 3.63) is 72.3 Å². The fourth-order valence-electron chi connectivity index (χ4n) is 6.27. The summed E-state index contributed by atoms with van der Waals surface area (Å²) in [6.07, 6.45) is 0.197. The van der Waals surface area contributed by atoms with Gasteiger partial charge in [0.1, 0.15) is 12.1 Å². The van der Waals surface area contributed by atoms with E-state index in [0.29, 0.717) is 35.2 Å². The second-order valence-corrected chi connectivity index (χ2v) is 10.7. The van der Waals surface area contributed by atoms with Gasteiger partial charge in [0, 0.05) is 42.5 Å². The fourth-order valence-corrected chi connectivity index (χ4v) is 6.27. The van der Waals surface area contributed by atoms with E-state index < -0.39 is 60.2 Å². The van der Waals surface area contributed by atoms with E-state index in [0.717, 1.165) is 4.90 Å². The molecule has 5 rings (SSSR count). The molecule has 0 spiro atoms. The molecule has 2 heterocycles. The first kappa shape index (κ1) is 27.5. The summed E-state index contributed by atoms with van der Waals surface area (Å²) >= 11 is 0. The van der Waals surface area contributed by atoms with Crippen LogP contribution in [0.2, 0.25) is 0 Å². The van der Waals surface area contributed by atoms with Gasteiger partial charge in [-0.3, -0.25) is 14.4 Å². The zero-order valence-corrected chi connectivity index (χ0v) is 21.8. The van der Waals surface area contributed by atoms with Crippen LogP contribution >= 0.6 is 0 Å². The average molecular weight is 549 g/mol. The molecule has 0 bridgehead atoms. The summed E-state index contributed by atoms with van der Waals surface area (Å²) in [5.74, 6) is -5.84. The van der Waals surface area contributed by atoms with Crippen LogP contribution in [0.15, 0.2) is 61.2 Å². The van der Waals surface area contributed by atoms with E-state index in [-0.39, 0.29) is 18.7 Å². The summed E-state index contributed by atoms with van der Waals surface area (Å²) in [7, 11) is 0. The van der Waals surface area contributed by atoms with Crippen molar-refractivity contribution in [3.63, 3.8) is 0 Å². The van der Waals surface area contributed by atoms with Gasteiger partial charge < -0.3 is 20.6 Å². The standard InChI is InChI=1S/C30H30F2N4O4/c1-2-7-20-15-29(31,32)16-25(27(38)35-19(17-33)14-18-12-13-34-26(18)37)36(20)28(39)30(40)23-10-5-3-8-21(23)22-9-4-6-11-24(22)30/h2-6,8-11,18-20,25,40H,1,7,12-16H2,(H,34,37)(H,35,38)/t18-,19-,20-,25-/m0/s1. The van der Waals surface area contributed by atoms with Crippen molar-refractivity contribution < 1.29 is 28.3 Å². The van der Waals surface area contributed by atoms with Crippen molar-refractivity contribution >= 4 is 17.7 Å². The molecule has 3 aliphatic rings. The van der Waals surface area contributed by atoms with Crippen molar-refractivity contribution in [1.29, 1.82) is 5.26 Å². The monoisotopic (exact) mass is 548 g/mol.